The van der Waals surface area contributed by atoms with Crippen LogP contribution in [0.15, 0.2) is 12.1 Å². The van der Waals surface area contributed by atoms with Crippen LogP contribution in [0, 0.1) is 11.6 Å². The quantitative estimate of drug-likeness (QED) is 0.647. The highest BCUT2D eigenvalue weighted by molar-refractivity contribution is 6.33. The van der Waals surface area contributed by atoms with E-state index in [1.54, 1.807) is 0 Å². The van der Waals surface area contributed by atoms with Crippen LogP contribution in [0.4, 0.5) is 8.78 Å². The molecule has 0 saturated heterocycles. The van der Waals surface area contributed by atoms with Gasteiger partial charge in [-0.15, -0.1) is 12.4 Å². The molecule has 1 rings (SSSR count). The number of carbonyl (C=O) groups excluding carboxylic acids is 1. The Hall–Kier alpha value is -0.910. The van der Waals surface area contributed by atoms with E-state index in [0.717, 1.165) is 18.7 Å². The lowest BCUT2D eigenvalue weighted by Crippen LogP contribution is -2.32. The Balaban J connectivity index is 0.00000289. The average molecular weight is 299 g/mol. The number of hydrogen-bond donors (Lipinski definition) is 2. The highest BCUT2D eigenvalue weighted by Gasteiger charge is 2.14. The van der Waals surface area contributed by atoms with E-state index < -0.39 is 17.5 Å². The number of amides is 1. The molecule has 18 heavy (non-hydrogen) atoms. The summed E-state index contributed by atoms with van der Waals surface area (Å²) in [6, 6.07) is 1.58. The van der Waals surface area contributed by atoms with Crippen LogP contribution < -0.4 is 10.6 Å². The molecule has 0 fully saturated rings. The van der Waals surface area contributed by atoms with Gasteiger partial charge in [-0.05, 0) is 18.7 Å². The molecule has 7 heteroatoms. The molecule has 0 bridgehead atoms. The third kappa shape index (κ3) is 4.76. The van der Waals surface area contributed by atoms with Gasteiger partial charge < -0.3 is 10.6 Å². The lowest BCUT2D eigenvalue weighted by molar-refractivity contribution is 0.0953. The summed E-state index contributed by atoms with van der Waals surface area (Å²) in [6.45, 7) is 3.72. The van der Waals surface area contributed by atoms with E-state index in [2.05, 4.69) is 10.6 Å². The maximum absolute atomic E-state index is 12.9. The summed E-state index contributed by atoms with van der Waals surface area (Å²) in [7, 11) is 0. The summed E-state index contributed by atoms with van der Waals surface area (Å²) in [4.78, 5) is 11.6. The summed E-state index contributed by atoms with van der Waals surface area (Å²) in [5.41, 5.74) is -0.0675. The van der Waals surface area contributed by atoms with Crippen LogP contribution in [0.1, 0.15) is 17.3 Å². The number of rotatable bonds is 5. The summed E-state index contributed by atoms with van der Waals surface area (Å²) in [5.74, 6) is -2.68. The van der Waals surface area contributed by atoms with Crippen LogP contribution in [0.5, 0.6) is 0 Å². The topological polar surface area (TPSA) is 41.1 Å². The van der Waals surface area contributed by atoms with Gasteiger partial charge in [0.1, 0.15) is 0 Å². The van der Waals surface area contributed by atoms with Crippen LogP contribution in [0.25, 0.3) is 0 Å². The van der Waals surface area contributed by atoms with Crippen LogP contribution in [-0.2, 0) is 0 Å². The molecular formula is C11H14Cl2F2N2O. The second-order valence-corrected chi connectivity index (χ2v) is 3.76. The predicted molar refractivity (Wildman–Crippen MR) is 69.5 cm³/mol. The van der Waals surface area contributed by atoms with Crippen molar-refractivity contribution in [2.24, 2.45) is 0 Å². The number of hydrogen-bond acceptors (Lipinski definition) is 2. The van der Waals surface area contributed by atoms with Gasteiger partial charge in [-0.3, -0.25) is 4.79 Å². The van der Waals surface area contributed by atoms with Crippen molar-refractivity contribution in [3.05, 3.63) is 34.4 Å². The molecule has 1 aromatic carbocycles. The van der Waals surface area contributed by atoms with Gasteiger partial charge in [0.2, 0.25) is 0 Å². The molecule has 1 amide bonds. The summed E-state index contributed by atoms with van der Waals surface area (Å²) >= 11 is 5.65. The largest absolute Gasteiger partial charge is 0.351 e. The van der Waals surface area contributed by atoms with Crippen LogP contribution >= 0.6 is 24.0 Å². The van der Waals surface area contributed by atoms with Crippen molar-refractivity contribution in [2.45, 2.75) is 6.92 Å². The van der Waals surface area contributed by atoms with E-state index in [9.17, 15) is 13.6 Å². The first-order valence-electron chi connectivity index (χ1n) is 5.19. The Morgan fingerprint density at radius 1 is 1.28 bits per heavy atom. The van der Waals surface area contributed by atoms with Crippen molar-refractivity contribution < 1.29 is 13.6 Å². The highest BCUT2D eigenvalue weighted by Crippen LogP contribution is 2.19. The molecule has 0 heterocycles. The number of likely N-dealkylation sites (N-methyl/N-ethyl adjacent to an activating group) is 1. The number of carbonyl (C=O) groups is 1. The molecule has 0 unspecified atom stereocenters. The molecule has 0 radical (unpaired) electrons. The molecule has 0 aliphatic carbocycles. The summed E-state index contributed by atoms with van der Waals surface area (Å²) < 4.78 is 25.7. The zero-order valence-corrected chi connectivity index (χ0v) is 11.3. The molecule has 0 aromatic heterocycles. The van der Waals surface area contributed by atoms with Gasteiger partial charge >= 0.3 is 0 Å². The molecule has 0 spiro atoms. The third-order valence-corrected chi connectivity index (χ3v) is 2.40. The van der Waals surface area contributed by atoms with Crippen LogP contribution in [0.3, 0.4) is 0 Å². The zero-order valence-electron chi connectivity index (χ0n) is 9.73. The molecule has 0 aliphatic heterocycles. The first-order valence-corrected chi connectivity index (χ1v) is 5.57. The molecule has 0 atom stereocenters. The normalized spacial score (nSPS) is 9.78. The number of nitrogens with one attached hydrogen (secondary N) is 2. The Kier molecular flexibility index (Phi) is 7.82. The minimum atomic E-state index is -1.09. The van der Waals surface area contributed by atoms with Crippen molar-refractivity contribution in [2.75, 3.05) is 19.6 Å². The van der Waals surface area contributed by atoms with Crippen LogP contribution in [0.2, 0.25) is 5.02 Å². The van der Waals surface area contributed by atoms with E-state index in [1.807, 2.05) is 6.92 Å². The predicted octanol–water partition coefficient (Wildman–Crippen LogP) is 2.38. The Labute approximate surface area is 115 Å². The third-order valence-electron chi connectivity index (χ3n) is 2.09. The standard InChI is InChI=1S/C11H13ClF2N2O.ClH/c1-2-15-3-4-16-11(17)7-5-9(13)10(14)6-8(7)12;/h5-6,15H,2-4H2,1H3,(H,16,17);1H. The lowest BCUT2D eigenvalue weighted by atomic mass is 10.2. The monoisotopic (exact) mass is 298 g/mol. The van der Waals surface area contributed by atoms with Gasteiger partial charge in [0, 0.05) is 13.1 Å². The van der Waals surface area contributed by atoms with Crippen molar-refractivity contribution >= 4 is 29.9 Å². The maximum Gasteiger partial charge on any atom is 0.252 e. The molecular weight excluding hydrogens is 285 g/mol. The number of halogens is 4. The van der Waals surface area contributed by atoms with Gasteiger partial charge in [0.15, 0.2) is 11.6 Å². The van der Waals surface area contributed by atoms with Gasteiger partial charge in [0.25, 0.3) is 5.91 Å². The molecule has 0 aliphatic rings. The fourth-order valence-electron chi connectivity index (χ4n) is 1.23. The fourth-order valence-corrected chi connectivity index (χ4v) is 1.47. The van der Waals surface area contributed by atoms with E-state index in [4.69, 9.17) is 11.6 Å². The molecule has 2 N–H and O–H groups in total. The molecule has 102 valence electrons. The van der Waals surface area contributed by atoms with E-state index in [0.29, 0.717) is 13.1 Å². The van der Waals surface area contributed by atoms with Crippen molar-refractivity contribution in [3.63, 3.8) is 0 Å². The average Bonchev–Trinajstić information content (AvgIpc) is 2.29. The van der Waals surface area contributed by atoms with Gasteiger partial charge in [-0.2, -0.15) is 0 Å². The second-order valence-electron chi connectivity index (χ2n) is 3.36. The van der Waals surface area contributed by atoms with E-state index >= 15 is 0 Å². The zero-order chi connectivity index (χ0) is 12.8. The minimum absolute atomic E-state index is 0. The molecule has 1 aromatic rings. The van der Waals surface area contributed by atoms with Crippen molar-refractivity contribution in [1.82, 2.24) is 10.6 Å². The van der Waals surface area contributed by atoms with E-state index in [1.165, 1.54) is 0 Å². The Morgan fingerprint density at radius 2 is 1.89 bits per heavy atom. The van der Waals surface area contributed by atoms with Gasteiger partial charge in [-0.25, -0.2) is 8.78 Å². The second kappa shape index (κ2) is 8.24. The summed E-state index contributed by atoms with van der Waals surface area (Å²) in [6.07, 6.45) is 0. The first-order chi connectivity index (χ1) is 8.06. The molecule has 0 saturated carbocycles. The Morgan fingerprint density at radius 3 is 2.50 bits per heavy atom. The SMILES string of the molecule is CCNCCNC(=O)c1cc(F)c(F)cc1Cl.Cl. The maximum atomic E-state index is 12.9. The summed E-state index contributed by atoms with van der Waals surface area (Å²) in [5, 5.41) is 5.45. The van der Waals surface area contributed by atoms with E-state index in [-0.39, 0.29) is 23.0 Å². The Bertz CT molecular complexity index is 416. The van der Waals surface area contributed by atoms with Gasteiger partial charge in [-0.1, -0.05) is 18.5 Å². The number of benzene rings is 1. The smallest absolute Gasteiger partial charge is 0.252 e. The van der Waals surface area contributed by atoms with Crippen molar-refractivity contribution in [1.29, 1.82) is 0 Å². The van der Waals surface area contributed by atoms with Crippen LogP contribution in [-0.4, -0.2) is 25.5 Å². The fraction of sp³-hybridized carbons (Fsp3) is 0.364. The van der Waals surface area contributed by atoms with Crippen molar-refractivity contribution in [3.8, 4) is 0 Å². The lowest BCUT2D eigenvalue weighted by Gasteiger charge is -2.07. The minimum Gasteiger partial charge on any atom is -0.351 e. The highest BCUT2D eigenvalue weighted by atomic mass is 35.5. The molecule has 3 nitrogen and oxygen atoms in total. The van der Waals surface area contributed by atoms with Gasteiger partial charge in [0.05, 0.1) is 10.6 Å². The first kappa shape index (κ1) is 17.1.